The van der Waals surface area contributed by atoms with Crippen LogP contribution in [0.15, 0.2) is 41.3 Å². The number of phenolic OH excluding ortho intramolecular Hbond substituents is 1. The summed E-state index contributed by atoms with van der Waals surface area (Å²) in [5.74, 6) is 0.104. The van der Waals surface area contributed by atoms with E-state index in [9.17, 15) is 23.6 Å². The van der Waals surface area contributed by atoms with Crippen molar-refractivity contribution < 1.29 is 18.4 Å². The molecule has 0 amide bonds. The van der Waals surface area contributed by atoms with Crippen LogP contribution in [-0.2, 0) is 10.0 Å². The lowest BCUT2D eigenvalue weighted by Gasteiger charge is -2.15. The summed E-state index contributed by atoms with van der Waals surface area (Å²) in [6, 6.07) is 7.89. The molecule has 0 heterocycles. The second-order valence-corrected chi connectivity index (χ2v) is 7.42. The number of nitro groups is 1. The highest BCUT2D eigenvalue weighted by molar-refractivity contribution is 7.92. The lowest BCUT2D eigenvalue weighted by atomic mass is 9.99. The number of nitro benzene ring substituents is 1. The molecule has 2 aromatic carbocycles. The Labute approximate surface area is 140 Å². The van der Waals surface area contributed by atoms with Crippen LogP contribution in [0.2, 0.25) is 0 Å². The maximum atomic E-state index is 12.5. The number of non-ortho nitro benzene ring substituents is 1. The quantitative estimate of drug-likeness (QED) is 0.487. The number of aromatic hydroxyl groups is 1. The first kappa shape index (κ1) is 17.7. The van der Waals surface area contributed by atoms with Crippen molar-refractivity contribution in [3.8, 4) is 5.75 Å². The van der Waals surface area contributed by atoms with Gasteiger partial charge in [-0.3, -0.25) is 14.8 Å². The summed E-state index contributed by atoms with van der Waals surface area (Å²) in [5.41, 5.74) is 1.18. The van der Waals surface area contributed by atoms with Crippen LogP contribution in [0.25, 0.3) is 0 Å². The standard InChI is InChI=1S/C16H18N2O5S/c1-10(2)14-9-15(11(3)7-16(14)19)17-24(22,23)13-6-4-5-12(8-13)18(20)21/h4-10,17,19H,1-3H3. The zero-order valence-corrected chi connectivity index (χ0v) is 14.3. The monoisotopic (exact) mass is 350 g/mol. The van der Waals surface area contributed by atoms with E-state index in [4.69, 9.17) is 0 Å². The van der Waals surface area contributed by atoms with Gasteiger partial charge < -0.3 is 5.11 Å². The number of phenols is 1. The Bertz CT molecular complexity index is 891. The fourth-order valence-corrected chi connectivity index (χ4v) is 3.41. The first-order chi connectivity index (χ1) is 11.1. The van der Waals surface area contributed by atoms with Gasteiger partial charge in [-0.1, -0.05) is 19.9 Å². The van der Waals surface area contributed by atoms with Crippen LogP contribution >= 0.6 is 0 Å². The summed E-state index contributed by atoms with van der Waals surface area (Å²) in [4.78, 5) is 9.96. The van der Waals surface area contributed by atoms with Gasteiger partial charge in [0.15, 0.2) is 0 Å². The van der Waals surface area contributed by atoms with E-state index >= 15 is 0 Å². The van der Waals surface area contributed by atoms with Crippen molar-refractivity contribution in [3.05, 3.63) is 57.6 Å². The summed E-state index contributed by atoms with van der Waals surface area (Å²) in [6.45, 7) is 5.42. The minimum atomic E-state index is -3.98. The summed E-state index contributed by atoms with van der Waals surface area (Å²) in [5, 5.41) is 20.8. The topological polar surface area (TPSA) is 110 Å². The molecule has 24 heavy (non-hydrogen) atoms. The van der Waals surface area contributed by atoms with E-state index in [0.717, 1.165) is 6.07 Å². The molecule has 2 N–H and O–H groups in total. The molecule has 2 aromatic rings. The van der Waals surface area contributed by atoms with E-state index < -0.39 is 14.9 Å². The highest BCUT2D eigenvalue weighted by Gasteiger charge is 2.20. The first-order valence-corrected chi connectivity index (χ1v) is 8.71. The zero-order valence-electron chi connectivity index (χ0n) is 13.5. The van der Waals surface area contributed by atoms with Gasteiger partial charge in [-0.15, -0.1) is 0 Å². The molecule has 2 rings (SSSR count). The maximum Gasteiger partial charge on any atom is 0.270 e. The second-order valence-electron chi connectivity index (χ2n) is 5.74. The molecule has 8 heteroatoms. The van der Waals surface area contributed by atoms with Gasteiger partial charge in [-0.25, -0.2) is 8.42 Å². The van der Waals surface area contributed by atoms with E-state index in [2.05, 4.69) is 4.72 Å². The molecular formula is C16H18N2O5S. The predicted octanol–water partition coefficient (Wildman–Crippen LogP) is 3.53. The predicted molar refractivity (Wildman–Crippen MR) is 90.8 cm³/mol. The summed E-state index contributed by atoms with van der Waals surface area (Å²) in [6.07, 6.45) is 0. The minimum absolute atomic E-state index is 0.00617. The van der Waals surface area contributed by atoms with E-state index in [0.29, 0.717) is 16.8 Å². The molecule has 0 radical (unpaired) electrons. The number of nitrogens with zero attached hydrogens (tertiary/aromatic N) is 1. The number of aryl methyl sites for hydroxylation is 1. The third kappa shape index (κ3) is 3.65. The number of nitrogens with one attached hydrogen (secondary N) is 1. The van der Waals surface area contributed by atoms with E-state index in [1.54, 1.807) is 13.0 Å². The van der Waals surface area contributed by atoms with Gasteiger partial charge in [0.05, 0.1) is 15.5 Å². The van der Waals surface area contributed by atoms with E-state index in [1.807, 2.05) is 13.8 Å². The van der Waals surface area contributed by atoms with Crippen molar-refractivity contribution >= 4 is 21.4 Å². The Morgan fingerprint density at radius 2 is 1.88 bits per heavy atom. The van der Waals surface area contributed by atoms with Gasteiger partial charge in [0.25, 0.3) is 15.7 Å². The van der Waals surface area contributed by atoms with Crippen LogP contribution in [0.3, 0.4) is 0 Å². The summed E-state index contributed by atoms with van der Waals surface area (Å²) >= 11 is 0. The molecule has 7 nitrogen and oxygen atoms in total. The normalized spacial score (nSPS) is 11.5. The Kier molecular flexibility index (Phi) is 4.79. The van der Waals surface area contributed by atoms with Crippen molar-refractivity contribution in [1.82, 2.24) is 0 Å². The molecular weight excluding hydrogens is 332 g/mol. The van der Waals surface area contributed by atoms with Gasteiger partial charge in [-0.05, 0) is 42.2 Å². The van der Waals surface area contributed by atoms with Crippen molar-refractivity contribution in [3.63, 3.8) is 0 Å². The van der Waals surface area contributed by atoms with Gasteiger partial charge in [0.2, 0.25) is 0 Å². The average molecular weight is 350 g/mol. The van der Waals surface area contributed by atoms with Gasteiger partial charge in [-0.2, -0.15) is 0 Å². The maximum absolute atomic E-state index is 12.5. The number of sulfonamides is 1. The van der Waals surface area contributed by atoms with Crippen molar-refractivity contribution in [2.75, 3.05) is 4.72 Å². The Balaban J connectivity index is 2.45. The Hall–Kier alpha value is -2.61. The van der Waals surface area contributed by atoms with Crippen LogP contribution < -0.4 is 4.72 Å². The molecule has 0 aliphatic rings. The molecule has 0 spiro atoms. The SMILES string of the molecule is Cc1cc(O)c(C(C)C)cc1NS(=O)(=O)c1cccc([N+](=O)[O-])c1. The molecule has 0 unspecified atom stereocenters. The van der Waals surface area contributed by atoms with Crippen molar-refractivity contribution in [2.45, 2.75) is 31.6 Å². The molecule has 0 saturated heterocycles. The number of anilines is 1. The molecule has 128 valence electrons. The third-order valence-electron chi connectivity index (χ3n) is 3.58. The third-order valence-corrected chi connectivity index (χ3v) is 4.94. The number of hydrogen-bond donors (Lipinski definition) is 2. The van der Waals surface area contributed by atoms with Gasteiger partial charge in [0.1, 0.15) is 5.75 Å². The Morgan fingerprint density at radius 3 is 2.46 bits per heavy atom. The molecule has 0 aliphatic carbocycles. The highest BCUT2D eigenvalue weighted by Crippen LogP contribution is 2.32. The molecule has 0 aromatic heterocycles. The summed E-state index contributed by atoms with van der Waals surface area (Å²) in [7, 11) is -3.98. The zero-order chi connectivity index (χ0) is 18.1. The largest absolute Gasteiger partial charge is 0.508 e. The highest BCUT2D eigenvalue weighted by atomic mass is 32.2. The van der Waals surface area contributed by atoms with Crippen LogP contribution in [0.4, 0.5) is 11.4 Å². The number of rotatable bonds is 5. The van der Waals surface area contributed by atoms with Crippen LogP contribution in [0.5, 0.6) is 5.75 Å². The second kappa shape index (κ2) is 6.48. The summed E-state index contributed by atoms with van der Waals surface area (Å²) < 4.78 is 27.4. The molecule has 0 aliphatic heterocycles. The fraction of sp³-hybridized carbons (Fsp3) is 0.250. The van der Waals surface area contributed by atoms with E-state index in [1.165, 1.54) is 24.3 Å². The molecule has 0 atom stereocenters. The molecule has 0 saturated carbocycles. The van der Waals surface area contributed by atoms with E-state index in [-0.39, 0.29) is 22.3 Å². The lowest BCUT2D eigenvalue weighted by molar-refractivity contribution is -0.385. The number of benzene rings is 2. The lowest BCUT2D eigenvalue weighted by Crippen LogP contribution is -2.14. The van der Waals surface area contributed by atoms with Gasteiger partial charge in [0, 0.05) is 12.1 Å². The number of hydrogen-bond acceptors (Lipinski definition) is 5. The van der Waals surface area contributed by atoms with Crippen LogP contribution in [0.1, 0.15) is 30.9 Å². The average Bonchev–Trinajstić information content (AvgIpc) is 2.49. The molecule has 0 fully saturated rings. The van der Waals surface area contributed by atoms with Crippen molar-refractivity contribution in [2.24, 2.45) is 0 Å². The van der Waals surface area contributed by atoms with Crippen molar-refractivity contribution in [1.29, 1.82) is 0 Å². The van der Waals surface area contributed by atoms with Crippen LogP contribution in [-0.4, -0.2) is 18.4 Å². The fourth-order valence-electron chi connectivity index (χ4n) is 2.25. The van der Waals surface area contributed by atoms with Crippen LogP contribution in [0, 0.1) is 17.0 Å². The molecule has 0 bridgehead atoms. The first-order valence-electron chi connectivity index (χ1n) is 7.22. The smallest absolute Gasteiger partial charge is 0.270 e. The Morgan fingerprint density at radius 1 is 1.21 bits per heavy atom. The van der Waals surface area contributed by atoms with Gasteiger partial charge >= 0.3 is 0 Å². The minimum Gasteiger partial charge on any atom is -0.508 e.